The summed E-state index contributed by atoms with van der Waals surface area (Å²) in [4.78, 5) is 3.73. The molecule has 27 heavy (non-hydrogen) atoms. The molecule has 0 saturated carbocycles. The monoisotopic (exact) mass is 434 g/mol. The van der Waals surface area contributed by atoms with E-state index in [1.54, 1.807) is 0 Å². The van der Waals surface area contributed by atoms with Gasteiger partial charge in [-0.1, -0.05) is 23.2 Å². The molecule has 4 nitrogen and oxygen atoms in total. The predicted molar refractivity (Wildman–Crippen MR) is 97.1 cm³/mol. The molecule has 0 N–H and O–H groups in total. The molecule has 0 saturated heterocycles. The highest BCUT2D eigenvalue weighted by molar-refractivity contribution is 7.90. The van der Waals surface area contributed by atoms with Gasteiger partial charge in [-0.3, -0.25) is 4.57 Å². The third kappa shape index (κ3) is 4.12. The lowest BCUT2D eigenvalue weighted by molar-refractivity contribution is -0.140. The molecule has 0 unspecified atom stereocenters. The number of sulfone groups is 1. The Morgan fingerprint density at radius 1 is 1.04 bits per heavy atom. The van der Waals surface area contributed by atoms with Gasteiger partial charge in [-0.05, 0) is 42.5 Å². The van der Waals surface area contributed by atoms with Gasteiger partial charge in [0.2, 0.25) is 0 Å². The molecule has 0 fully saturated rings. The first-order valence-electron chi connectivity index (χ1n) is 7.39. The van der Waals surface area contributed by atoms with Crippen LogP contribution < -0.4 is 0 Å². The summed E-state index contributed by atoms with van der Waals surface area (Å²) in [5, 5.41) is 0.474. The Bertz CT molecular complexity index is 1110. The number of nitrogens with zero attached hydrogens (tertiary/aromatic N) is 2. The van der Waals surface area contributed by atoms with Crippen molar-refractivity contribution >= 4 is 33.0 Å². The third-order valence-electron chi connectivity index (χ3n) is 3.71. The van der Waals surface area contributed by atoms with Gasteiger partial charge in [0.05, 0.1) is 15.6 Å². The zero-order chi connectivity index (χ0) is 20.0. The topological polar surface area (TPSA) is 52.0 Å². The zero-order valence-corrected chi connectivity index (χ0v) is 16.0. The molecule has 0 spiro atoms. The number of hydrogen-bond donors (Lipinski definition) is 0. The lowest BCUT2D eigenvalue weighted by Gasteiger charge is -2.10. The molecule has 2 aromatic carbocycles. The fraction of sp³-hybridized carbons (Fsp3) is 0.118. The standard InChI is InChI=1S/C17H11Cl2F3N2O2S/c1-27(25,26)12-5-2-10(3-6-12)16-23-15(17(20,21)22)9-24(16)14-7-4-11(18)8-13(14)19/h2-9H,1H3. The summed E-state index contributed by atoms with van der Waals surface area (Å²) in [6.45, 7) is 0. The van der Waals surface area contributed by atoms with E-state index in [9.17, 15) is 21.6 Å². The number of imidazole rings is 1. The first-order chi connectivity index (χ1) is 12.5. The minimum Gasteiger partial charge on any atom is -0.298 e. The zero-order valence-electron chi connectivity index (χ0n) is 13.6. The van der Waals surface area contributed by atoms with Crippen LogP contribution in [0.2, 0.25) is 10.0 Å². The molecule has 0 aliphatic heterocycles. The first kappa shape index (κ1) is 19.7. The van der Waals surface area contributed by atoms with Crippen LogP contribution in [-0.2, 0) is 16.0 Å². The Hall–Kier alpha value is -2.03. The Balaban J connectivity index is 2.21. The van der Waals surface area contributed by atoms with Gasteiger partial charge in [0.15, 0.2) is 15.5 Å². The van der Waals surface area contributed by atoms with Crippen LogP contribution in [0.1, 0.15) is 5.69 Å². The van der Waals surface area contributed by atoms with Crippen molar-refractivity contribution in [2.75, 3.05) is 6.26 Å². The van der Waals surface area contributed by atoms with Crippen LogP contribution in [0.5, 0.6) is 0 Å². The van der Waals surface area contributed by atoms with Crippen molar-refractivity contribution < 1.29 is 21.6 Å². The number of halogens is 5. The number of hydrogen-bond acceptors (Lipinski definition) is 3. The average Bonchev–Trinajstić information content (AvgIpc) is 2.99. The summed E-state index contributed by atoms with van der Waals surface area (Å²) in [7, 11) is -3.44. The molecule has 3 aromatic rings. The highest BCUT2D eigenvalue weighted by Gasteiger charge is 2.35. The van der Waals surface area contributed by atoms with Gasteiger partial charge in [0.1, 0.15) is 5.82 Å². The van der Waals surface area contributed by atoms with Crippen LogP contribution in [0.3, 0.4) is 0 Å². The summed E-state index contributed by atoms with van der Waals surface area (Å²) in [6.07, 6.45) is -2.79. The molecule has 0 bridgehead atoms. The molecule has 0 radical (unpaired) electrons. The minimum atomic E-state index is -4.66. The average molecular weight is 435 g/mol. The van der Waals surface area contributed by atoms with Crippen LogP contribution in [0.15, 0.2) is 53.6 Å². The maximum Gasteiger partial charge on any atom is 0.434 e. The number of alkyl halides is 3. The van der Waals surface area contributed by atoms with E-state index < -0.39 is 21.7 Å². The van der Waals surface area contributed by atoms with E-state index in [0.717, 1.165) is 12.5 Å². The smallest absolute Gasteiger partial charge is 0.298 e. The molecule has 10 heteroatoms. The van der Waals surface area contributed by atoms with Crippen molar-refractivity contribution in [3.05, 3.63) is 64.4 Å². The third-order valence-corrected chi connectivity index (χ3v) is 5.37. The van der Waals surface area contributed by atoms with Gasteiger partial charge in [-0.2, -0.15) is 13.2 Å². The fourth-order valence-electron chi connectivity index (χ4n) is 2.43. The summed E-state index contributed by atoms with van der Waals surface area (Å²) < 4.78 is 63.9. The predicted octanol–water partition coefficient (Wildman–Crippen LogP) is 5.27. The van der Waals surface area contributed by atoms with Gasteiger partial charge in [0, 0.05) is 23.0 Å². The Kier molecular flexibility index (Phi) is 5.00. The minimum absolute atomic E-state index is 0.0356. The van der Waals surface area contributed by atoms with Gasteiger partial charge >= 0.3 is 6.18 Å². The number of benzene rings is 2. The highest BCUT2D eigenvalue weighted by Crippen LogP contribution is 2.35. The van der Waals surface area contributed by atoms with Crippen molar-refractivity contribution in [1.82, 2.24) is 9.55 Å². The summed E-state index contributed by atoms with van der Waals surface area (Å²) in [5.41, 5.74) is -0.550. The molecular formula is C17H11Cl2F3N2O2S. The van der Waals surface area contributed by atoms with Gasteiger partial charge in [-0.25, -0.2) is 13.4 Å². The number of rotatable bonds is 3. The Labute approximate surface area is 163 Å². The Morgan fingerprint density at radius 2 is 1.67 bits per heavy atom. The van der Waals surface area contributed by atoms with E-state index in [1.165, 1.54) is 47.0 Å². The molecule has 142 valence electrons. The lowest BCUT2D eigenvalue weighted by atomic mass is 10.2. The molecule has 1 aromatic heterocycles. The van der Waals surface area contributed by atoms with Crippen LogP contribution in [0.4, 0.5) is 13.2 Å². The van der Waals surface area contributed by atoms with E-state index in [1.807, 2.05) is 0 Å². The van der Waals surface area contributed by atoms with Gasteiger partial charge in [-0.15, -0.1) is 0 Å². The molecule has 0 aliphatic carbocycles. The van der Waals surface area contributed by atoms with Crippen LogP contribution in [0, 0.1) is 0 Å². The summed E-state index contributed by atoms with van der Waals surface area (Å²) >= 11 is 12.0. The van der Waals surface area contributed by atoms with Crippen molar-refractivity contribution in [2.24, 2.45) is 0 Å². The van der Waals surface area contributed by atoms with E-state index in [0.29, 0.717) is 10.6 Å². The normalized spacial score (nSPS) is 12.4. The van der Waals surface area contributed by atoms with Crippen LogP contribution >= 0.6 is 23.2 Å². The van der Waals surface area contributed by atoms with E-state index in [-0.39, 0.29) is 21.4 Å². The van der Waals surface area contributed by atoms with E-state index in [2.05, 4.69) is 4.98 Å². The van der Waals surface area contributed by atoms with Gasteiger partial charge < -0.3 is 0 Å². The summed E-state index contributed by atoms with van der Waals surface area (Å²) in [6, 6.07) is 9.76. The van der Waals surface area contributed by atoms with Crippen molar-refractivity contribution in [1.29, 1.82) is 0 Å². The van der Waals surface area contributed by atoms with Crippen molar-refractivity contribution in [3.8, 4) is 17.1 Å². The molecular weight excluding hydrogens is 424 g/mol. The first-order valence-corrected chi connectivity index (χ1v) is 10.0. The molecule has 1 heterocycles. The number of aromatic nitrogens is 2. The van der Waals surface area contributed by atoms with Gasteiger partial charge in [0.25, 0.3) is 0 Å². The van der Waals surface area contributed by atoms with Crippen molar-refractivity contribution in [3.63, 3.8) is 0 Å². The Morgan fingerprint density at radius 3 is 2.19 bits per heavy atom. The van der Waals surface area contributed by atoms with E-state index in [4.69, 9.17) is 23.2 Å². The largest absolute Gasteiger partial charge is 0.434 e. The summed E-state index contributed by atoms with van der Waals surface area (Å²) in [5.74, 6) is -0.0356. The molecule has 0 amide bonds. The molecule has 3 rings (SSSR count). The second-order valence-electron chi connectivity index (χ2n) is 5.71. The van der Waals surface area contributed by atoms with Crippen molar-refractivity contribution in [2.45, 2.75) is 11.1 Å². The maximum absolute atomic E-state index is 13.2. The second-order valence-corrected chi connectivity index (χ2v) is 8.57. The fourth-order valence-corrected chi connectivity index (χ4v) is 3.56. The lowest BCUT2D eigenvalue weighted by Crippen LogP contribution is -2.05. The second kappa shape index (κ2) is 6.85. The highest BCUT2D eigenvalue weighted by atomic mass is 35.5. The molecule has 0 aliphatic rings. The quantitative estimate of drug-likeness (QED) is 0.564. The van der Waals surface area contributed by atoms with E-state index >= 15 is 0 Å². The van der Waals surface area contributed by atoms with Crippen LogP contribution in [-0.4, -0.2) is 24.2 Å². The maximum atomic E-state index is 13.2. The van der Waals surface area contributed by atoms with Crippen LogP contribution in [0.25, 0.3) is 17.1 Å². The molecule has 0 atom stereocenters. The SMILES string of the molecule is CS(=O)(=O)c1ccc(-c2nc(C(F)(F)F)cn2-c2ccc(Cl)cc2Cl)cc1.